The first-order valence-corrected chi connectivity index (χ1v) is 22.3. The summed E-state index contributed by atoms with van der Waals surface area (Å²) in [6.45, 7) is 4.49. The van der Waals surface area contributed by atoms with Crippen LogP contribution in [0.3, 0.4) is 0 Å². The number of rotatable bonds is 14. The van der Waals surface area contributed by atoms with E-state index < -0.39 is 101 Å². The van der Waals surface area contributed by atoms with Crippen molar-refractivity contribution in [3.63, 3.8) is 0 Å². The van der Waals surface area contributed by atoms with Gasteiger partial charge in [0, 0.05) is 13.0 Å². The van der Waals surface area contributed by atoms with Crippen LogP contribution in [-0.4, -0.2) is 127 Å². The quantitative estimate of drug-likeness (QED) is 0.0926. The third kappa shape index (κ3) is 15.1. The van der Waals surface area contributed by atoms with Gasteiger partial charge >= 0.3 is 0 Å². The third-order valence-electron chi connectivity index (χ3n) is 11.4. The van der Waals surface area contributed by atoms with E-state index in [1.165, 1.54) is 6.92 Å². The number of benzene rings is 2. The SMILES string of the molecule is CC(C)C[C@@H]1NC(=O)[C@@H](Cc2ccccc2)NC(=O)[C@H](CCN)NC(=O)[C@@H](NC(=O)C2(c3ccccc3)CC2)CCNC(=O)[C@H]([C@@H](C)O)NC(=O)[C@H](CCN)NC(=O)[C@H](CCN)NC1=O. The summed E-state index contributed by atoms with van der Waals surface area (Å²) in [4.78, 5) is 112. The second kappa shape index (κ2) is 24.9. The van der Waals surface area contributed by atoms with Gasteiger partial charge in [-0.2, -0.15) is 0 Å². The largest absolute Gasteiger partial charge is 0.391 e. The van der Waals surface area contributed by atoms with Crippen LogP contribution >= 0.6 is 0 Å². The fourth-order valence-corrected chi connectivity index (χ4v) is 7.63. The first-order chi connectivity index (χ1) is 31.0. The van der Waals surface area contributed by atoms with Gasteiger partial charge in [0.05, 0.1) is 11.5 Å². The number of hydrogen-bond donors (Lipinski definition) is 12. The molecule has 1 aliphatic carbocycles. The molecule has 0 aromatic heterocycles. The molecule has 4 rings (SSSR count). The van der Waals surface area contributed by atoms with E-state index >= 15 is 0 Å². The molecule has 8 atom stereocenters. The molecule has 2 fully saturated rings. The van der Waals surface area contributed by atoms with Gasteiger partial charge in [0.15, 0.2) is 0 Å². The normalized spacial score (nSPS) is 25.7. The summed E-state index contributed by atoms with van der Waals surface area (Å²) in [7, 11) is 0. The summed E-state index contributed by atoms with van der Waals surface area (Å²) in [6.07, 6.45) is -0.741. The highest BCUT2D eigenvalue weighted by atomic mass is 16.3. The Balaban J connectivity index is 1.75. The predicted octanol–water partition coefficient (Wildman–Crippen LogP) is -2.65. The number of aliphatic hydroxyl groups is 1. The fourth-order valence-electron chi connectivity index (χ4n) is 7.63. The van der Waals surface area contributed by atoms with Gasteiger partial charge in [-0.15, -0.1) is 0 Å². The van der Waals surface area contributed by atoms with Gasteiger partial charge in [-0.25, -0.2) is 0 Å². The van der Waals surface area contributed by atoms with Crippen LogP contribution < -0.4 is 59.7 Å². The predicted molar refractivity (Wildman–Crippen MR) is 241 cm³/mol. The van der Waals surface area contributed by atoms with E-state index in [4.69, 9.17) is 17.2 Å². The minimum atomic E-state index is -1.54. The number of nitrogens with two attached hydrogens (primary N) is 3. The van der Waals surface area contributed by atoms with Crippen molar-refractivity contribution in [3.05, 3.63) is 71.8 Å². The van der Waals surface area contributed by atoms with Gasteiger partial charge in [0.2, 0.25) is 47.3 Å². The first-order valence-electron chi connectivity index (χ1n) is 22.3. The number of nitrogens with one attached hydrogen (secondary N) is 8. The maximum atomic E-state index is 14.3. The molecule has 2 aromatic carbocycles. The Morgan fingerprint density at radius 3 is 1.57 bits per heavy atom. The molecule has 0 radical (unpaired) electrons. The summed E-state index contributed by atoms with van der Waals surface area (Å²) in [5.74, 6) is -6.12. The molecule has 2 aliphatic rings. The van der Waals surface area contributed by atoms with Gasteiger partial charge in [-0.3, -0.25) is 38.4 Å². The Morgan fingerprint density at radius 1 is 0.631 bits per heavy atom. The average molecular weight is 906 g/mol. The molecule has 2 aromatic rings. The van der Waals surface area contributed by atoms with Crippen LogP contribution in [0.15, 0.2) is 60.7 Å². The van der Waals surface area contributed by atoms with Crippen molar-refractivity contribution in [1.29, 1.82) is 0 Å². The molecule has 8 amide bonds. The van der Waals surface area contributed by atoms with E-state index in [-0.39, 0.29) is 70.6 Å². The maximum Gasteiger partial charge on any atom is 0.245 e. The minimum Gasteiger partial charge on any atom is -0.391 e. The van der Waals surface area contributed by atoms with Crippen LogP contribution in [0.5, 0.6) is 0 Å². The second-order valence-corrected chi connectivity index (χ2v) is 17.1. The lowest BCUT2D eigenvalue weighted by atomic mass is 9.94. The fraction of sp³-hybridized carbons (Fsp3) is 0.556. The van der Waals surface area contributed by atoms with Crippen molar-refractivity contribution >= 4 is 47.3 Å². The van der Waals surface area contributed by atoms with E-state index in [1.807, 2.05) is 32.0 Å². The molecule has 65 heavy (non-hydrogen) atoms. The van der Waals surface area contributed by atoms with E-state index in [0.29, 0.717) is 18.4 Å². The van der Waals surface area contributed by atoms with E-state index in [2.05, 4.69) is 42.5 Å². The van der Waals surface area contributed by atoms with Crippen LogP contribution in [0, 0.1) is 5.92 Å². The van der Waals surface area contributed by atoms with E-state index in [0.717, 1.165) is 5.56 Å². The van der Waals surface area contributed by atoms with E-state index in [9.17, 15) is 43.5 Å². The Morgan fingerprint density at radius 2 is 1.08 bits per heavy atom. The van der Waals surface area contributed by atoms with E-state index in [1.54, 1.807) is 42.5 Å². The molecule has 20 nitrogen and oxygen atoms in total. The zero-order valence-corrected chi connectivity index (χ0v) is 37.4. The molecule has 0 unspecified atom stereocenters. The Hall–Kier alpha value is -5.96. The summed E-state index contributed by atoms with van der Waals surface area (Å²) < 4.78 is 0. The lowest BCUT2D eigenvalue weighted by molar-refractivity contribution is -0.136. The third-order valence-corrected chi connectivity index (χ3v) is 11.4. The maximum absolute atomic E-state index is 14.3. The molecular weight excluding hydrogens is 839 g/mol. The van der Waals surface area contributed by atoms with Gasteiger partial charge in [0.1, 0.15) is 42.3 Å². The smallest absolute Gasteiger partial charge is 0.245 e. The number of carbonyl (C=O) groups is 8. The molecule has 20 heteroatoms. The summed E-state index contributed by atoms with van der Waals surface area (Å²) >= 11 is 0. The first kappa shape index (κ1) is 51.7. The Bertz CT molecular complexity index is 1950. The van der Waals surface area contributed by atoms with Crippen molar-refractivity contribution in [2.24, 2.45) is 23.1 Å². The van der Waals surface area contributed by atoms with Crippen LogP contribution in [0.25, 0.3) is 0 Å². The number of amides is 8. The molecule has 15 N–H and O–H groups in total. The zero-order valence-electron chi connectivity index (χ0n) is 37.4. The van der Waals surface area contributed by atoms with Gasteiger partial charge in [-0.05, 0) is 88.5 Å². The lowest BCUT2D eigenvalue weighted by Gasteiger charge is -2.28. The van der Waals surface area contributed by atoms with Crippen LogP contribution in [0.2, 0.25) is 0 Å². The van der Waals surface area contributed by atoms with Crippen molar-refractivity contribution < 1.29 is 43.5 Å². The summed E-state index contributed by atoms with van der Waals surface area (Å²) in [5, 5.41) is 31.9. The van der Waals surface area contributed by atoms with Crippen molar-refractivity contribution in [2.45, 2.75) is 126 Å². The highest BCUT2D eigenvalue weighted by molar-refractivity contribution is 5.99. The number of carbonyl (C=O) groups excluding carboxylic acids is 8. The Labute approximate surface area is 379 Å². The number of hydrogen-bond acceptors (Lipinski definition) is 12. The highest BCUT2D eigenvalue weighted by Crippen LogP contribution is 2.48. The van der Waals surface area contributed by atoms with Gasteiger partial charge < -0.3 is 64.8 Å². The summed E-state index contributed by atoms with van der Waals surface area (Å²) in [6, 6.07) is 8.63. The minimum absolute atomic E-state index is 0.0199. The molecular formula is C45H67N11O9. The molecule has 1 saturated carbocycles. The topological polar surface area (TPSA) is 331 Å². The Kier molecular flexibility index (Phi) is 19.8. The van der Waals surface area contributed by atoms with Gasteiger partial charge in [0.25, 0.3) is 0 Å². The molecule has 356 valence electrons. The molecule has 0 bridgehead atoms. The van der Waals surface area contributed by atoms with Crippen LogP contribution in [0.1, 0.15) is 76.8 Å². The molecule has 1 heterocycles. The highest BCUT2D eigenvalue weighted by Gasteiger charge is 2.52. The van der Waals surface area contributed by atoms with Crippen molar-refractivity contribution in [1.82, 2.24) is 42.5 Å². The van der Waals surface area contributed by atoms with Gasteiger partial charge in [-0.1, -0.05) is 74.5 Å². The van der Waals surface area contributed by atoms with Crippen LogP contribution in [-0.2, 0) is 50.2 Å². The average Bonchev–Trinajstić information content (AvgIpc) is 4.09. The second-order valence-electron chi connectivity index (χ2n) is 17.1. The lowest BCUT2D eigenvalue weighted by Crippen LogP contribution is -2.61. The zero-order chi connectivity index (χ0) is 47.7. The van der Waals surface area contributed by atoms with Crippen LogP contribution in [0.4, 0.5) is 0 Å². The summed E-state index contributed by atoms with van der Waals surface area (Å²) in [5.41, 5.74) is 18.1. The van der Waals surface area contributed by atoms with Crippen molar-refractivity contribution in [2.75, 3.05) is 26.2 Å². The monoisotopic (exact) mass is 906 g/mol. The number of aliphatic hydroxyl groups excluding tert-OH is 1. The standard InChI is InChI=1S/C45H67N11O9/c1-26(2)24-34-41(62)52-30(14-20-46)37(58)51-32(16-22-48)40(61)56-36(27(3)57)43(64)49-23-17-33(55-44(65)45(18-19-45)29-12-8-5-9-13-29)39(60)50-31(15-21-47)38(59)54-35(42(63)53-34)25-28-10-6-4-7-11-28/h4-13,26-27,30-36,57H,14-25,46-48H2,1-3H3,(H,49,64)(H,50,60)(H,51,58)(H,52,62)(H,53,63)(H,54,59)(H,55,65)(H,56,61)/t27-,30+,31+,32+,33+,34+,35-,36+/m1/s1. The van der Waals surface area contributed by atoms with Crippen molar-refractivity contribution in [3.8, 4) is 0 Å². The molecule has 1 saturated heterocycles. The molecule has 0 spiro atoms. The molecule has 1 aliphatic heterocycles.